The van der Waals surface area contributed by atoms with E-state index in [-0.39, 0.29) is 17.0 Å². The van der Waals surface area contributed by atoms with Gasteiger partial charge in [0.15, 0.2) is 9.84 Å². The van der Waals surface area contributed by atoms with Gasteiger partial charge in [-0.25, -0.2) is 8.42 Å². The lowest BCUT2D eigenvalue weighted by Gasteiger charge is -2.23. The number of ether oxygens (including phenoxy) is 1. The first-order chi connectivity index (χ1) is 8.12. The second-order valence-corrected chi connectivity index (χ2v) is 8.20. The molecule has 0 amide bonds. The lowest BCUT2D eigenvalue weighted by atomic mass is 10.2. The molecule has 1 heterocycles. The molecule has 5 nitrogen and oxygen atoms in total. The van der Waals surface area contributed by atoms with Crippen LogP contribution in [0.2, 0.25) is 0 Å². The molecular formula is C12H23NO4S. The number of sulfone groups is 1. The zero-order valence-electron chi connectivity index (χ0n) is 11.5. The Hall–Kier alpha value is -0.620. The molecule has 18 heavy (non-hydrogen) atoms. The van der Waals surface area contributed by atoms with E-state index < -0.39 is 21.5 Å². The quantitative estimate of drug-likeness (QED) is 0.772. The second kappa shape index (κ2) is 5.57. The average molecular weight is 277 g/mol. The summed E-state index contributed by atoms with van der Waals surface area (Å²) in [4.78, 5) is 11.7. The van der Waals surface area contributed by atoms with Crippen LogP contribution in [0.1, 0.15) is 40.5 Å². The van der Waals surface area contributed by atoms with E-state index in [0.29, 0.717) is 13.0 Å². The number of hydrogen-bond acceptors (Lipinski definition) is 5. The Morgan fingerprint density at radius 1 is 1.44 bits per heavy atom. The number of carbonyl (C=O) groups is 1. The molecule has 0 radical (unpaired) electrons. The number of carbonyl (C=O) groups excluding carboxylic acids is 1. The fourth-order valence-corrected chi connectivity index (χ4v) is 3.65. The largest absolute Gasteiger partial charge is 0.459 e. The molecule has 106 valence electrons. The van der Waals surface area contributed by atoms with Crippen molar-refractivity contribution in [1.82, 2.24) is 5.32 Å². The van der Waals surface area contributed by atoms with E-state index in [1.165, 1.54) is 0 Å². The fourth-order valence-electron chi connectivity index (χ4n) is 1.87. The van der Waals surface area contributed by atoms with E-state index in [4.69, 9.17) is 4.74 Å². The van der Waals surface area contributed by atoms with Gasteiger partial charge >= 0.3 is 5.97 Å². The predicted molar refractivity (Wildman–Crippen MR) is 70.1 cm³/mol. The van der Waals surface area contributed by atoms with Crippen LogP contribution >= 0.6 is 0 Å². The van der Waals surface area contributed by atoms with Gasteiger partial charge in [0.05, 0.1) is 11.0 Å². The summed E-state index contributed by atoms with van der Waals surface area (Å²) in [6.07, 6.45) is 1.39. The first-order valence-electron chi connectivity index (χ1n) is 6.29. The van der Waals surface area contributed by atoms with Gasteiger partial charge in [0.2, 0.25) is 0 Å². The maximum absolute atomic E-state index is 11.7. The number of hydrogen-bond donors (Lipinski definition) is 1. The van der Waals surface area contributed by atoms with Crippen molar-refractivity contribution in [2.24, 2.45) is 0 Å². The molecule has 1 saturated heterocycles. The standard InChI is InChI=1S/C12H23NO4S/c1-9(11(14)17-12(2,3)4)13-8-10-6-5-7-18(10,15)16/h9-10,13H,5-8H2,1-4H3. The molecule has 0 saturated carbocycles. The Bertz CT molecular complexity index is 397. The van der Waals surface area contributed by atoms with Crippen LogP contribution in [0.5, 0.6) is 0 Å². The van der Waals surface area contributed by atoms with Gasteiger partial charge in [-0.05, 0) is 40.5 Å². The zero-order valence-corrected chi connectivity index (χ0v) is 12.3. The van der Waals surface area contributed by atoms with Crippen molar-refractivity contribution in [1.29, 1.82) is 0 Å². The van der Waals surface area contributed by atoms with Crippen LogP contribution in [-0.2, 0) is 19.4 Å². The molecule has 1 aliphatic heterocycles. The van der Waals surface area contributed by atoms with Crippen LogP contribution in [0.4, 0.5) is 0 Å². The maximum atomic E-state index is 11.7. The van der Waals surface area contributed by atoms with Crippen molar-refractivity contribution < 1.29 is 17.9 Å². The summed E-state index contributed by atoms with van der Waals surface area (Å²) < 4.78 is 28.4. The van der Waals surface area contributed by atoms with Crippen molar-refractivity contribution in [3.8, 4) is 0 Å². The molecule has 0 aromatic carbocycles. The molecule has 0 aromatic heterocycles. The molecule has 0 aromatic rings. The van der Waals surface area contributed by atoms with Gasteiger partial charge in [-0.2, -0.15) is 0 Å². The van der Waals surface area contributed by atoms with E-state index >= 15 is 0 Å². The minimum atomic E-state index is -2.96. The van der Waals surface area contributed by atoms with Crippen LogP contribution in [0.15, 0.2) is 0 Å². The highest BCUT2D eigenvalue weighted by Gasteiger charge is 2.32. The third-order valence-corrected chi connectivity index (χ3v) is 5.15. The molecule has 1 fully saturated rings. The molecule has 0 bridgehead atoms. The van der Waals surface area contributed by atoms with E-state index in [1.54, 1.807) is 27.7 Å². The summed E-state index contributed by atoms with van der Waals surface area (Å²) in [5, 5.41) is 2.59. The lowest BCUT2D eigenvalue weighted by Crippen LogP contribution is -2.43. The van der Waals surface area contributed by atoms with Crippen molar-refractivity contribution in [2.75, 3.05) is 12.3 Å². The lowest BCUT2D eigenvalue weighted by molar-refractivity contribution is -0.156. The zero-order chi connectivity index (χ0) is 14.0. The minimum Gasteiger partial charge on any atom is -0.459 e. The monoisotopic (exact) mass is 277 g/mol. The Balaban J connectivity index is 2.42. The van der Waals surface area contributed by atoms with Crippen molar-refractivity contribution in [2.45, 2.75) is 57.4 Å². The second-order valence-electron chi connectivity index (χ2n) is 5.79. The van der Waals surface area contributed by atoms with Crippen LogP contribution < -0.4 is 5.32 Å². The molecule has 2 atom stereocenters. The SMILES string of the molecule is CC(NCC1CCCS1(=O)=O)C(=O)OC(C)(C)C. The van der Waals surface area contributed by atoms with E-state index in [2.05, 4.69) is 5.32 Å². The highest BCUT2D eigenvalue weighted by atomic mass is 32.2. The molecule has 0 spiro atoms. The average Bonchev–Trinajstić information content (AvgIpc) is 2.51. The van der Waals surface area contributed by atoms with Crippen LogP contribution in [-0.4, -0.2) is 43.6 Å². The summed E-state index contributed by atoms with van der Waals surface area (Å²) in [5.74, 6) is -0.0851. The van der Waals surface area contributed by atoms with Crippen molar-refractivity contribution in [3.63, 3.8) is 0 Å². The summed E-state index contributed by atoms with van der Waals surface area (Å²) in [6.45, 7) is 7.43. The molecule has 1 rings (SSSR count). The Morgan fingerprint density at radius 2 is 2.06 bits per heavy atom. The van der Waals surface area contributed by atoms with Crippen molar-refractivity contribution in [3.05, 3.63) is 0 Å². The van der Waals surface area contributed by atoms with Gasteiger partial charge in [0.25, 0.3) is 0 Å². The third-order valence-electron chi connectivity index (χ3n) is 2.87. The van der Waals surface area contributed by atoms with E-state index in [9.17, 15) is 13.2 Å². The molecule has 6 heteroatoms. The van der Waals surface area contributed by atoms with Gasteiger partial charge in [0.1, 0.15) is 11.6 Å². The van der Waals surface area contributed by atoms with E-state index in [1.807, 2.05) is 0 Å². The van der Waals surface area contributed by atoms with Crippen LogP contribution in [0.25, 0.3) is 0 Å². The Kier molecular flexibility index (Phi) is 4.78. The van der Waals surface area contributed by atoms with E-state index in [0.717, 1.165) is 6.42 Å². The van der Waals surface area contributed by atoms with Crippen molar-refractivity contribution >= 4 is 15.8 Å². The smallest absolute Gasteiger partial charge is 0.323 e. The first kappa shape index (κ1) is 15.4. The van der Waals surface area contributed by atoms with Gasteiger partial charge in [-0.1, -0.05) is 0 Å². The Morgan fingerprint density at radius 3 is 2.50 bits per heavy atom. The van der Waals surface area contributed by atoms with Gasteiger partial charge in [-0.15, -0.1) is 0 Å². The summed E-state index contributed by atoms with van der Waals surface area (Å²) in [5.41, 5.74) is -0.521. The fraction of sp³-hybridized carbons (Fsp3) is 0.917. The van der Waals surface area contributed by atoms with Crippen LogP contribution in [0.3, 0.4) is 0 Å². The van der Waals surface area contributed by atoms with Crippen LogP contribution in [0, 0.1) is 0 Å². The molecule has 1 N–H and O–H groups in total. The Labute approximate surface area is 109 Å². The number of esters is 1. The summed E-state index contributed by atoms with van der Waals surface area (Å²) in [6, 6.07) is -0.486. The molecule has 1 aliphatic rings. The predicted octanol–water partition coefficient (Wildman–Crippen LogP) is 0.883. The summed E-state index contributed by atoms with van der Waals surface area (Å²) in [7, 11) is -2.96. The molecule has 2 unspecified atom stereocenters. The molecule has 0 aliphatic carbocycles. The minimum absolute atomic E-state index is 0.264. The number of nitrogens with one attached hydrogen (secondary N) is 1. The third kappa shape index (κ3) is 4.57. The molecular weight excluding hydrogens is 254 g/mol. The summed E-state index contributed by atoms with van der Waals surface area (Å²) >= 11 is 0. The van der Waals surface area contributed by atoms with Gasteiger partial charge < -0.3 is 10.1 Å². The van der Waals surface area contributed by atoms with Gasteiger partial charge in [-0.3, -0.25) is 4.79 Å². The highest BCUT2D eigenvalue weighted by molar-refractivity contribution is 7.92. The maximum Gasteiger partial charge on any atom is 0.323 e. The number of rotatable bonds is 4. The first-order valence-corrected chi connectivity index (χ1v) is 8.01. The highest BCUT2D eigenvalue weighted by Crippen LogP contribution is 2.19. The topological polar surface area (TPSA) is 72.5 Å². The van der Waals surface area contributed by atoms with Gasteiger partial charge in [0, 0.05) is 6.54 Å². The normalized spacial score (nSPS) is 24.8.